The van der Waals surface area contributed by atoms with Gasteiger partial charge in [0.15, 0.2) is 0 Å². The smallest absolute Gasteiger partial charge is 0.318 e. The summed E-state index contributed by atoms with van der Waals surface area (Å²) in [6.07, 6.45) is 1.40. The van der Waals surface area contributed by atoms with E-state index in [4.69, 9.17) is 5.11 Å². The van der Waals surface area contributed by atoms with Crippen molar-refractivity contribution in [2.45, 2.75) is 24.5 Å². The minimum absolute atomic E-state index is 0.342. The van der Waals surface area contributed by atoms with Gasteiger partial charge in [0.25, 0.3) is 0 Å². The number of hydrogen-bond acceptors (Lipinski definition) is 5. The van der Waals surface area contributed by atoms with E-state index in [9.17, 15) is 18.0 Å². The third-order valence-electron chi connectivity index (χ3n) is 2.78. The molecule has 2 unspecified atom stereocenters. The molecular weight excluding hydrogens is 250 g/mol. The Bertz CT molecular complexity index is 404. The predicted octanol–water partition coefficient (Wildman–Crippen LogP) is -0.668. The predicted molar refractivity (Wildman–Crippen MR) is 57.7 cm³/mol. The van der Waals surface area contributed by atoms with Crippen molar-refractivity contribution < 1.29 is 27.9 Å². The van der Waals surface area contributed by atoms with Gasteiger partial charge in [-0.3, -0.25) is 9.59 Å². The molecule has 0 heterocycles. The first-order valence-corrected chi connectivity index (χ1v) is 6.71. The van der Waals surface area contributed by atoms with Crippen LogP contribution in [0.25, 0.3) is 0 Å². The molecule has 0 bridgehead atoms. The van der Waals surface area contributed by atoms with Crippen LogP contribution in [0.4, 0.5) is 0 Å². The third kappa shape index (κ3) is 3.40. The summed E-state index contributed by atoms with van der Waals surface area (Å²) in [6, 6.07) is 0. The number of aliphatic carboxylic acids is 1. The van der Waals surface area contributed by atoms with E-state index in [1.807, 2.05) is 4.72 Å². The summed E-state index contributed by atoms with van der Waals surface area (Å²) < 4.78 is 30.1. The van der Waals surface area contributed by atoms with Gasteiger partial charge >= 0.3 is 11.9 Å². The van der Waals surface area contributed by atoms with Crippen molar-refractivity contribution in [2.24, 2.45) is 5.92 Å². The summed E-state index contributed by atoms with van der Waals surface area (Å²) in [4.78, 5) is 21.7. The lowest BCUT2D eigenvalue weighted by atomic mass is 10.1. The van der Waals surface area contributed by atoms with Crippen molar-refractivity contribution >= 4 is 22.0 Å². The van der Waals surface area contributed by atoms with E-state index in [1.54, 1.807) is 0 Å². The molecule has 0 amide bonds. The Morgan fingerprint density at radius 1 is 1.41 bits per heavy atom. The molecule has 0 aromatic heterocycles. The zero-order valence-electron chi connectivity index (χ0n) is 9.38. The summed E-state index contributed by atoms with van der Waals surface area (Å²) in [7, 11) is -2.59. The highest BCUT2D eigenvalue weighted by Gasteiger charge is 2.42. The number of carbonyl (C=O) groups excluding carboxylic acids is 1. The number of methoxy groups -OCH3 is 1. The zero-order chi connectivity index (χ0) is 13.1. The van der Waals surface area contributed by atoms with Crippen LogP contribution in [0.3, 0.4) is 0 Å². The van der Waals surface area contributed by atoms with Gasteiger partial charge < -0.3 is 9.84 Å². The molecule has 1 aliphatic carbocycles. The van der Waals surface area contributed by atoms with E-state index in [0.29, 0.717) is 19.3 Å². The molecule has 0 radical (unpaired) electrons. The molecule has 1 rings (SSSR count). The fraction of sp³-hybridized carbons (Fsp3) is 0.778. The molecule has 17 heavy (non-hydrogen) atoms. The van der Waals surface area contributed by atoms with Crippen molar-refractivity contribution in [2.75, 3.05) is 13.7 Å². The Labute approximate surface area is 99.2 Å². The average Bonchev–Trinajstić information content (AvgIpc) is 2.75. The van der Waals surface area contributed by atoms with E-state index in [1.165, 1.54) is 7.11 Å². The first-order valence-electron chi connectivity index (χ1n) is 5.16. The lowest BCUT2D eigenvalue weighted by Crippen LogP contribution is -2.41. The molecular formula is C9H15NO6S. The van der Waals surface area contributed by atoms with Crippen LogP contribution in [0, 0.1) is 5.92 Å². The summed E-state index contributed by atoms with van der Waals surface area (Å²) in [5.74, 6) is -2.53. The van der Waals surface area contributed by atoms with Gasteiger partial charge in [-0.2, -0.15) is 0 Å². The van der Waals surface area contributed by atoms with Gasteiger partial charge in [-0.05, 0) is 12.8 Å². The third-order valence-corrected chi connectivity index (χ3v) is 4.69. The van der Waals surface area contributed by atoms with Crippen LogP contribution >= 0.6 is 0 Å². The van der Waals surface area contributed by atoms with Gasteiger partial charge in [-0.15, -0.1) is 0 Å². The fourth-order valence-corrected chi connectivity index (χ4v) is 3.68. The molecule has 1 fully saturated rings. The first-order chi connectivity index (χ1) is 7.88. The molecule has 1 saturated carbocycles. The van der Waals surface area contributed by atoms with Gasteiger partial charge in [0.1, 0.15) is 6.54 Å². The maximum atomic E-state index is 11.8. The first kappa shape index (κ1) is 13.9. The minimum atomic E-state index is -3.79. The molecule has 0 aromatic rings. The zero-order valence-corrected chi connectivity index (χ0v) is 10.2. The van der Waals surface area contributed by atoms with Crippen molar-refractivity contribution in [3.63, 3.8) is 0 Å². The molecule has 8 heteroatoms. The largest absolute Gasteiger partial charge is 0.480 e. The maximum Gasteiger partial charge on any atom is 0.318 e. The fourth-order valence-electron chi connectivity index (χ4n) is 1.99. The number of rotatable bonds is 5. The van der Waals surface area contributed by atoms with E-state index >= 15 is 0 Å². The van der Waals surface area contributed by atoms with Crippen LogP contribution in [0.5, 0.6) is 0 Å². The Morgan fingerprint density at radius 3 is 2.59 bits per heavy atom. The van der Waals surface area contributed by atoms with Gasteiger partial charge in [0.2, 0.25) is 10.0 Å². The Hall–Kier alpha value is -1.15. The molecule has 0 aromatic carbocycles. The van der Waals surface area contributed by atoms with Gasteiger partial charge in [0.05, 0.1) is 18.3 Å². The van der Waals surface area contributed by atoms with Crippen LogP contribution in [0.2, 0.25) is 0 Å². The summed E-state index contributed by atoms with van der Waals surface area (Å²) in [5, 5.41) is 7.53. The van der Waals surface area contributed by atoms with Crippen LogP contribution in [0.15, 0.2) is 0 Å². The quantitative estimate of drug-likeness (QED) is 0.638. The number of sulfonamides is 1. The second kappa shape index (κ2) is 5.46. The Balaban J connectivity index is 2.76. The number of carbonyl (C=O) groups is 2. The molecule has 2 atom stereocenters. The van der Waals surface area contributed by atoms with Crippen molar-refractivity contribution in [1.82, 2.24) is 4.72 Å². The molecule has 0 saturated heterocycles. The van der Waals surface area contributed by atoms with E-state index < -0.39 is 39.7 Å². The highest BCUT2D eigenvalue weighted by atomic mass is 32.2. The SMILES string of the molecule is COC(=O)C1CCCC1S(=O)(=O)NCC(=O)O. The highest BCUT2D eigenvalue weighted by Crippen LogP contribution is 2.31. The standard InChI is InChI=1S/C9H15NO6S/c1-16-9(13)6-3-2-4-7(6)17(14,15)10-5-8(11)12/h6-7,10H,2-5H2,1H3,(H,11,12). The van der Waals surface area contributed by atoms with Crippen LogP contribution in [-0.2, 0) is 24.3 Å². The van der Waals surface area contributed by atoms with Crippen LogP contribution < -0.4 is 4.72 Å². The molecule has 0 aliphatic heterocycles. The van der Waals surface area contributed by atoms with Crippen molar-refractivity contribution in [3.8, 4) is 0 Å². The van der Waals surface area contributed by atoms with Crippen molar-refractivity contribution in [1.29, 1.82) is 0 Å². The van der Waals surface area contributed by atoms with Gasteiger partial charge in [-0.1, -0.05) is 6.42 Å². The van der Waals surface area contributed by atoms with E-state index in [2.05, 4.69) is 4.74 Å². The van der Waals surface area contributed by atoms with Gasteiger partial charge in [0, 0.05) is 0 Å². The lowest BCUT2D eigenvalue weighted by molar-refractivity contribution is -0.145. The lowest BCUT2D eigenvalue weighted by Gasteiger charge is -2.17. The van der Waals surface area contributed by atoms with Crippen LogP contribution in [-0.4, -0.2) is 44.4 Å². The monoisotopic (exact) mass is 265 g/mol. The minimum Gasteiger partial charge on any atom is -0.480 e. The second-order valence-corrected chi connectivity index (χ2v) is 5.84. The van der Waals surface area contributed by atoms with Crippen LogP contribution in [0.1, 0.15) is 19.3 Å². The second-order valence-electron chi connectivity index (χ2n) is 3.86. The van der Waals surface area contributed by atoms with E-state index in [0.717, 1.165) is 0 Å². The molecule has 7 nitrogen and oxygen atoms in total. The highest BCUT2D eigenvalue weighted by molar-refractivity contribution is 7.90. The Kier molecular flexibility index (Phi) is 4.47. The number of nitrogens with one attached hydrogen (secondary N) is 1. The molecule has 0 spiro atoms. The molecule has 2 N–H and O–H groups in total. The van der Waals surface area contributed by atoms with E-state index in [-0.39, 0.29) is 0 Å². The Morgan fingerprint density at radius 2 is 2.06 bits per heavy atom. The maximum absolute atomic E-state index is 11.8. The van der Waals surface area contributed by atoms with Gasteiger partial charge in [-0.25, -0.2) is 13.1 Å². The molecule has 1 aliphatic rings. The number of carboxylic acids is 1. The normalized spacial score (nSPS) is 24.5. The topological polar surface area (TPSA) is 110 Å². The van der Waals surface area contributed by atoms with Crippen molar-refractivity contribution in [3.05, 3.63) is 0 Å². The molecule has 98 valence electrons. The summed E-state index contributed by atoms with van der Waals surface area (Å²) in [5.41, 5.74) is 0. The summed E-state index contributed by atoms with van der Waals surface area (Å²) in [6.45, 7) is -0.674. The summed E-state index contributed by atoms with van der Waals surface area (Å²) >= 11 is 0. The number of carboxylic acid groups (broad SMARTS) is 1. The average molecular weight is 265 g/mol. The number of ether oxygens (including phenoxy) is 1. The number of hydrogen-bond donors (Lipinski definition) is 2. The number of esters is 1.